The highest BCUT2D eigenvalue weighted by molar-refractivity contribution is 5.18. The molecular weight excluding hydrogens is 120 g/mol. The van der Waals surface area contributed by atoms with Gasteiger partial charge in [0.25, 0.3) is 0 Å². The first-order valence-electron chi connectivity index (χ1n) is 4.52. The van der Waals surface area contributed by atoms with Crippen molar-refractivity contribution in [3.05, 3.63) is 12.2 Å². The highest BCUT2D eigenvalue weighted by atomic mass is 14.3. The van der Waals surface area contributed by atoms with Crippen LogP contribution in [0.4, 0.5) is 0 Å². The van der Waals surface area contributed by atoms with Crippen molar-refractivity contribution in [3.63, 3.8) is 0 Å². The Bertz CT molecular complexity index is 113. The molecule has 1 unspecified atom stereocenters. The summed E-state index contributed by atoms with van der Waals surface area (Å²) in [6, 6.07) is 0. The average Bonchev–Trinajstić information content (AvgIpc) is 2.60. The first kappa shape index (κ1) is 7.84. The van der Waals surface area contributed by atoms with Gasteiger partial charge in [-0.05, 0) is 18.8 Å². The summed E-state index contributed by atoms with van der Waals surface area (Å²) < 4.78 is 0. The molecule has 1 aliphatic carbocycles. The second-order valence-corrected chi connectivity index (χ2v) is 3.41. The van der Waals surface area contributed by atoms with Gasteiger partial charge in [0.1, 0.15) is 0 Å². The zero-order valence-electron chi connectivity index (χ0n) is 7.03. The van der Waals surface area contributed by atoms with Gasteiger partial charge in [-0.25, -0.2) is 0 Å². The number of unbranched alkanes of at least 4 members (excludes halogenated alkanes) is 3. The standard InChI is InChI=1S/C10H18/c1-3-4-5-6-7-10-8-9(10)2/h10H,2-8H2,1H3. The minimum Gasteiger partial charge on any atom is -0.0995 e. The van der Waals surface area contributed by atoms with Crippen molar-refractivity contribution in [2.24, 2.45) is 5.92 Å². The van der Waals surface area contributed by atoms with Gasteiger partial charge in [0, 0.05) is 0 Å². The van der Waals surface area contributed by atoms with Crippen LogP contribution in [0.5, 0.6) is 0 Å². The lowest BCUT2D eigenvalue weighted by atomic mass is 10.1. The van der Waals surface area contributed by atoms with Crippen molar-refractivity contribution in [3.8, 4) is 0 Å². The van der Waals surface area contributed by atoms with Crippen LogP contribution in [0.25, 0.3) is 0 Å². The van der Waals surface area contributed by atoms with Crippen LogP contribution in [-0.4, -0.2) is 0 Å². The second kappa shape index (κ2) is 3.80. The Hall–Kier alpha value is -0.260. The fraction of sp³-hybridized carbons (Fsp3) is 0.800. The smallest absolute Gasteiger partial charge is 0.0168 e. The van der Waals surface area contributed by atoms with Gasteiger partial charge < -0.3 is 0 Å². The molecule has 1 saturated carbocycles. The van der Waals surface area contributed by atoms with Crippen molar-refractivity contribution >= 4 is 0 Å². The fourth-order valence-electron chi connectivity index (χ4n) is 1.38. The summed E-state index contributed by atoms with van der Waals surface area (Å²) in [4.78, 5) is 0. The summed E-state index contributed by atoms with van der Waals surface area (Å²) in [6.07, 6.45) is 8.37. The minimum atomic E-state index is 0.928. The highest BCUT2D eigenvalue weighted by Crippen LogP contribution is 2.39. The molecule has 0 heterocycles. The number of allylic oxidation sites excluding steroid dienone is 1. The Labute approximate surface area is 64.3 Å². The third-order valence-electron chi connectivity index (χ3n) is 2.33. The van der Waals surface area contributed by atoms with Crippen molar-refractivity contribution in [2.75, 3.05) is 0 Å². The monoisotopic (exact) mass is 138 g/mol. The topological polar surface area (TPSA) is 0 Å². The Morgan fingerprint density at radius 2 is 2.10 bits per heavy atom. The van der Waals surface area contributed by atoms with E-state index in [-0.39, 0.29) is 0 Å². The number of hydrogen-bond acceptors (Lipinski definition) is 0. The third kappa shape index (κ3) is 2.55. The first-order valence-corrected chi connectivity index (χ1v) is 4.52. The fourth-order valence-corrected chi connectivity index (χ4v) is 1.38. The Balaban J connectivity index is 1.82. The van der Waals surface area contributed by atoms with Crippen LogP contribution < -0.4 is 0 Å². The van der Waals surface area contributed by atoms with E-state index in [2.05, 4.69) is 13.5 Å². The molecule has 1 atom stereocenters. The Morgan fingerprint density at radius 3 is 2.60 bits per heavy atom. The summed E-state index contributed by atoms with van der Waals surface area (Å²) >= 11 is 0. The lowest BCUT2D eigenvalue weighted by Gasteiger charge is -1.95. The molecule has 0 saturated heterocycles. The van der Waals surface area contributed by atoms with Gasteiger partial charge in [-0.3, -0.25) is 0 Å². The van der Waals surface area contributed by atoms with Crippen molar-refractivity contribution < 1.29 is 0 Å². The van der Waals surface area contributed by atoms with Crippen molar-refractivity contribution in [1.29, 1.82) is 0 Å². The molecular formula is C10H18. The van der Waals surface area contributed by atoms with Crippen LogP contribution in [0.15, 0.2) is 12.2 Å². The molecule has 1 aliphatic rings. The molecule has 0 aromatic carbocycles. The molecule has 0 aromatic heterocycles. The molecule has 0 amide bonds. The van der Waals surface area contributed by atoms with E-state index in [1.165, 1.54) is 44.1 Å². The van der Waals surface area contributed by atoms with Crippen LogP contribution >= 0.6 is 0 Å². The van der Waals surface area contributed by atoms with Gasteiger partial charge in [0.2, 0.25) is 0 Å². The zero-order valence-corrected chi connectivity index (χ0v) is 7.03. The van der Waals surface area contributed by atoms with Crippen molar-refractivity contribution in [1.82, 2.24) is 0 Å². The molecule has 1 rings (SSSR count). The molecule has 0 bridgehead atoms. The lowest BCUT2D eigenvalue weighted by Crippen LogP contribution is -1.78. The summed E-state index contributed by atoms with van der Waals surface area (Å²) in [7, 11) is 0. The molecule has 0 spiro atoms. The zero-order chi connectivity index (χ0) is 7.40. The summed E-state index contributed by atoms with van der Waals surface area (Å²) in [5.41, 5.74) is 1.50. The summed E-state index contributed by atoms with van der Waals surface area (Å²) in [5, 5.41) is 0. The summed E-state index contributed by atoms with van der Waals surface area (Å²) in [6.45, 7) is 6.21. The largest absolute Gasteiger partial charge is 0.0995 e. The minimum absolute atomic E-state index is 0.928. The predicted molar refractivity (Wildman–Crippen MR) is 46.0 cm³/mol. The molecule has 1 fully saturated rings. The van der Waals surface area contributed by atoms with Gasteiger partial charge in [0.05, 0.1) is 0 Å². The van der Waals surface area contributed by atoms with Gasteiger partial charge in [0.15, 0.2) is 0 Å². The molecule has 0 radical (unpaired) electrons. The molecule has 0 N–H and O–H groups in total. The van der Waals surface area contributed by atoms with Crippen LogP contribution in [0.3, 0.4) is 0 Å². The Morgan fingerprint density at radius 1 is 1.40 bits per heavy atom. The first-order chi connectivity index (χ1) is 4.84. The highest BCUT2D eigenvalue weighted by Gasteiger charge is 2.25. The Kier molecular flexibility index (Phi) is 2.98. The maximum absolute atomic E-state index is 3.95. The average molecular weight is 138 g/mol. The van der Waals surface area contributed by atoms with Crippen LogP contribution in [0, 0.1) is 5.92 Å². The molecule has 10 heavy (non-hydrogen) atoms. The quantitative estimate of drug-likeness (QED) is 0.402. The molecule has 0 aliphatic heterocycles. The molecule has 0 nitrogen and oxygen atoms in total. The number of rotatable bonds is 5. The summed E-state index contributed by atoms with van der Waals surface area (Å²) in [5.74, 6) is 0.928. The van der Waals surface area contributed by atoms with E-state index in [4.69, 9.17) is 0 Å². The van der Waals surface area contributed by atoms with E-state index in [1.54, 1.807) is 0 Å². The SMILES string of the molecule is C=C1CC1CCCCCC. The predicted octanol–water partition coefficient (Wildman–Crippen LogP) is 3.53. The van der Waals surface area contributed by atoms with Crippen LogP contribution in [-0.2, 0) is 0 Å². The van der Waals surface area contributed by atoms with E-state index in [9.17, 15) is 0 Å². The molecule has 58 valence electrons. The van der Waals surface area contributed by atoms with Gasteiger partial charge in [-0.1, -0.05) is 44.8 Å². The van der Waals surface area contributed by atoms with Crippen LogP contribution in [0.1, 0.15) is 45.4 Å². The van der Waals surface area contributed by atoms with E-state index in [1.807, 2.05) is 0 Å². The van der Waals surface area contributed by atoms with Crippen molar-refractivity contribution in [2.45, 2.75) is 45.4 Å². The van der Waals surface area contributed by atoms with Gasteiger partial charge >= 0.3 is 0 Å². The lowest BCUT2D eigenvalue weighted by molar-refractivity contribution is 0.606. The van der Waals surface area contributed by atoms with Gasteiger partial charge in [-0.15, -0.1) is 0 Å². The number of hydrogen-bond donors (Lipinski definition) is 0. The van der Waals surface area contributed by atoms with Gasteiger partial charge in [-0.2, -0.15) is 0 Å². The van der Waals surface area contributed by atoms with E-state index in [0.717, 1.165) is 5.92 Å². The van der Waals surface area contributed by atoms with E-state index in [0.29, 0.717) is 0 Å². The molecule has 0 aromatic rings. The third-order valence-corrected chi connectivity index (χ3v) is 2.33. The maximum Gasteiger partial charge on any atom is -0.0168 e. The van der Waals surface area contributed by atoms with Crippen LogP contribution in [0.2, 0.25) is 0 Å². The van der Waals surface area contributed by atoms with E-state index >= 15 is 0 Å². The normalized spacial score (nSPS) is 23.3. The second-order valence-electron chi connectivity index (χ2n) is 3.41. The molecule has 0 heteroatoms. The maximum atomic E-state index is 3.95. The van der Waals surface area contributed by atoms with E-state index < -0.39 is 0 Å².